The Balaban J connectivity index is 2.52. The van der Waals surface area contributed by atoms with Crippen LogP contribution in [-0.4, -0.2) is 24.2 Å². The van der Waals surface area contributed by atoms with E-state index in [4.69, 9.17) is 15.2 Å². The Kier molecular flexibility index (Phi) is 3.38. The molecule has 2 unspecified atom stereocenters. The first-order valence-electron chi connectivity index (χ1n) is 5.84. The Morgan fingerprint density at radius 3 is 2.33 bits per heavy atom. The van der Waals surface area contributed by atoms with Crippen molar-refractivity contribution in [2.24, 2.45) is 5.73 Å². The van der Waals surface area contributed by atoms with Crippen molar-refractivity contribution >= 4 is 5.69 Å². The van der Waals surface area contributed by atoms with Crippen LogP contribution >= 0.6 is 0 Å². The van der Waals surface area contributed by atoms with Crippen LogP contribution in [-0.2, 0) is 0 Å². The van der Waals surface area contributed by atoms with E-state index in [0.717, 1.165) is 0 Å². The van der Waals surface area contributed by atoms with E-state index in [1.807, 2.05) is 13.8 Å². The summed E-state index contributed by atoms with van der Waals surface area (Å²) in [5.41, 5.74) is 6.43. The lowest BCUT2D eigenvalue weighted by molar-refractivity contribution is -0.385. The van der Waals surface area contributed by atoms with Crippen molar-refractivity contribution in [1.29, 1.82) is 0 Å². The molecule has 18 heavy (non-hydrogen) atoms. The monoisotopic (exact) mass is 252 g/mol. The molecular formula is C12H16N2O4. The van der Waals surface area contributed by atoms with Crippen LogP contribution in [0.4, 0.5) is 5.69 Å². The Hall–Kier alpha value is -1.82. The highest BCUT2D eigenvalue weighted by Crippen LogP contribution is 2.39. The summed E-state index contributed by atoms with van der Waals surface area (Å²) in [4.78, 5) is 10.7. The number of nitrogens with zero attached hydrogens (tertiary/aromatic N) is 1. The molecule has 6 heteroatoms. The van der Waals surface area contributed by atoms with E-state index >= 15 is 0 Å². The second-order valence-electron chi connectivity index (χ2n) is 4.46. The fourth-order valence-electron chi connectivity index (χ4n) is 1.90. The molecule has 0 radical (unpaired) electrons. The van der Waals surface area contributed by atoms with Crippen LogP contribution in [0.25, 0.3) is 0 Å². The van der Waals surface area contributed by atoms with Crippen LogP contribution < -0.4 is 15.2 Å². The number of benzene rings is 1. The summed E-state index contributed by atoms with van der Waals surface area (Å²) in [6.07, 6.45) is 0. The lowest BCUT2D eigenvalue weighted by Gasteiger charge is -2.22. The molecule has 1 aromatic rings. The topological polar surface area (TPSA) is 87.6 Å². The number of nitro benzene ring substituents is 1. The summed E-state index contributed by atoms with van der Waals surface area (Å²) in [7, 11) is 0. The normalized spacial score (nSPS) is 17.1. The van der Waals surface area contributed by atoms with E-state index in [1.54, 1.807) is 6.07 Å². The Bertz CT molecular complexity index is 473. The molecule has 0 fully saturated rings. The van der Waals surface area contributed by atoms with Crippen molar-refractivity contribution in [3.8, 4) is 11.5 Å². The van der Waals surface area contributed by atoms with Gasteiger partial charge in [-0.05, 0) is 13.0 Å². The number of rotatable bonds is 3. The van der Waals surface area contributed by atoms with Crippen molar-refractivity contribution in [2.45, 2.75) is 25.8 Å². The molecule has 2 N–H and O–H groups in total. The van der Waals surface area contributed by atoms with Crippen LogP contribution in [0.1, 0.15) is 25.3 Å². The molecule has 0 amide bonds. The molecule has 98 valence electrons. The van der Waals surface area contributed by atoms with E-state index in [0.29, 0.717) is 30.3 Å². The van der Waals surface area contributed by atoms with Crippen LogP contribution in [0.3, 0.4) is 0 Å². The summed E-state index contributed by atoms with van der Waals surface area (Å²) < 4.78 is 10.8. The average molecular weight is 252 g/mol. The highest BCUT2D eigenvalue weighted by molar-refractivity contribution is 5.56. The molecule has 0 bridgehead atoms. The third kappa shape index (κ3) is 2.24. The largest absolute Gasteiger partial charge is 0.486 e. The third-order valence-electron chi connectivity index (χ3n) is 3.17. The highest BCUT2D eigenvalue weighted by atomic mass is 16.6. The summed E-state index contributed by atoms with van der Waals surface area (Å²) in [6, 6.07) is 2.91. The van der Waals surface area contributed by atoms with Gasteiger partial charge in [0.25, 0.3) is 5.69 Å². The Morgan fingerprint density at radius 2 is 1.83 bits per heavy atom. The van der Waals surface area contributed by atoms with Crippen molar-refractivity contribution in [2.75, 3.05) is 13.2 Å². The van der Waals surface area contributed by atoms with Crippen molar-refractivity contribution in [3.05, 3.63) is 27.8 Å². The third-order valence-corrected chi connectivity index (χ3v) is 3.17. The van der Waals surface area contributed by atoms with Crippen molar-refractivity contribution in [1.82, 2.24) is 0 Å². The fraction of sp³-hybridized carbons (Fsp3) is 0.500. The SMILES string of the molecule is CC(N)C(C)c1cc2c(cc1[N+](=O)[O-])OCCO2. The first-order chi connectivity index (χ1) is 8.50. The van der Waals surface area contributed by atoms with Gasteiger partial charge in [0.2, 0.25) is 0 Å². The standard InChI is InChI=1S/C12H16N2O4/c1-7(8(2)13)9-5-11-12(18-4-3-17-11)6-10(9)14(15)16/h5-8H,3-4,13H2,1-2H3. The Labute approximate surface area is 105 Å². The molecule has 0 aromatic heterocycles. The van der Waals surface area contributed by atoms with E-state index in [9.17, 15) is 10.1 Å². The predicted molar refractivity (Wildman–Crippen MR) is 66.2 cm³/mol. The predicted octanol–water partition coefficient (Wildman–Crippen LogP) is 1.82. The van der Waals surface area contributed by atoms with Crippen molar-refractivity contribution < 1.29 is 14.4 Å². The molecular weight excluding hydrogens is 236 g/mol. The summed E-state index contributed by atoms with van der Waals surface area (Å²) >= 11 is 0. The lowest BCUT2D eigenvalue weighted by atomic mass is 9.93. The molecule has 0 saturated heterocycles. The van der Waals surface area contributed by atoms with E-state index in [1.165, 1.54) is 6.07 Å². The maximum Gasteiger partial charge on any atom is 0.276 e. The fourth-order valence-corrected chi connectivity index (χ4v) is 1.90. The van der Waals surface area contributed by atoms with Gasteiger partial charge < -0.3 is 15.2 Å². The van der Waals surface area contributed by atoms with Gasteiger partial charge in [0.05, 0.1) is 11.0 Å². The maximum absolute atomic E-state index is 11.1. The number of hydrogen-bond acceptors (Lipinski definition) is 5. The minimum absolute atomic E-state index is 0.0315. The summed E-state index contributed by atoms with van der Waals surface area (Å²) in [5.74, 6) is 0.851. The smallest absolute Gasteiger partial charge is 0.276 e. The molecule has 0 spiro atoms. The number of fused-ring (bicyclic) bond motifs is 1. The van der Waals surface area contributed by atoms with Gasteiger partial charge in [0, 0.05) is 17.5 Å². The van der Waals surface area contributed by atoms with Gasteiger partial charge >= 0.3 is 0 Å². The first-order valence-corrected chi connectivity index (χ1v) is 5.84. The van der Waals surface area contributed by atoms with Gasteiger partial charge in [-0.15, -0.1) is 0 Å². The van der Waals surface area contributed by atoms with Crippen LogP contribution in [0.5, 0.6) is 11.5 Å². The van der Waals surface area contributed by atoms with Crippen LogP contribution in [0, 0.1) is 10.1 Å². The summed E-state index contributed by atoms with van der Waals surface area (Å²) in [6.45, 7) is 4.55. The number of ether oxygens (including phenoxy) is 2. The number of nitrogens with two attached hydrogens (primary N) is 1. The number of nitro groups is 1. The molecule has 1 aliphatic rings. The quantitative estimate of drug-likeness (QED) is 0.654. The molecule has 1 heterocycles. The van der Waals surface area contributed by atoms with Gasteiger partial charge in [0.1, 0.15) is 13.2 Å². The zero-order chi connectivity index (χ0) is 13.3. The molecule has 0 saturated carbocycles. The van der Waals surface area contributed by atoms with Crippen LogP contribution in [0.2, 0.25) is 0 Å². The lowest BCUT2D eigenvalue weighted by Crippen LogP contribution is -2.24. The molecule has 1 aliphatic heterocycles. The van der Waals surface area contributed by atoms with Gasteiger partial charge in [0.15, 0.2) is 11.5 Å². The second-order valence-corrected chi connectivity index (χ2v) is 4.46. The zero-order valence-electron chi connectivity index (χ0n) is 10.4. The van der Waals surface area contributed by atoms with E-state index in [2.05, 4.69) is 0 Å². The minimum Gasteiger partial charge on any atom is -0.486 e. The first kappa shape index (κ1) is 12.6. The molecule has 1 aromatic carbocycles. The molecule has 2 rings (SSSR count). The van der Waals surface area contributed by atoms with Gasteiger partial charge in [-0.2, -0.15) is 0 Å². The zero-order valence-corrected chi connectivity index (χ0v) is 10.4. The van der Waals surface area contributed by atoms with E-state index in [-0.39, 0.29) is 17.6 Å². The second kappa shape index (κ2) is 4.81. The number of hydrogen-bond donors (Lipinski definition) is 1. The van der Waals surface area contributed by atoms with Crippen molar-refractivity contribution in [3.63, 3.8) is 0 Å². The van der Waals surface area contributed by atoms with E-state index < -0.39 is 4.92 Å². The maximum atomic E-state index is 11.1. The van der Waals surface area contributed by atoms with Gasteiger partial charge in [-0.25, -0.2) is 0 Å². The van der Waals surface area contributed by atoms with Gasteiger partial charge in [-0.3, -0.25) is 10.1 Å². The van der Waals surface area contributed by atoms with Gasteiger partial charge in [-0.1, -0.05) is 6.92 Å². The highest BCUT2D eigenvalue weighted by Gasteiger charge is 2.26. The van der Waals surface area contributed by atoms with Crippen LogP contribution in [0.15, 0.2) is 12.1 Å². The summed E-state index contributed by atoms with van der Waals surface area (Å²) in [5, 5.41) is 11.1. The Morgan fingerprint density at radius 1 is 1.28 bits per heavy atom. The molecule has 0 aliphatic carbocycles. The average Bonchev–Trinajstić information content (AvgIpc) is 2.36. The molecule has 6 nitrogen and oxygen atoms in total. The molecule has 2 atom stereocenters. The minimum atomic E-state index is -0.410.